The Morgan fingerprint density at radius 2 is 1.75 bits per heavy atom. The van der Waals surface area contributed by atoms with Gasteiger partial charge in [0, 0.05) is 7.11 Å². The van der Waals surface area contributed by atoms with E-state index in [9.17, 15) is 4.39 Å². The number of methoxy groups -OCH3 is 1. The van der Waals surface area contributed by atoms with E-state index >= 15 is 0 Å². The molecule has 1 N–H and O–H groups in total. The molecule has 1 unspecified atom stereocenters. The fourth-order valence-corrected chi connectivity index (χ4v) is 3.40. The van der Waals surface area contributed by atoms with E-state index in [2.05, 4.69) is 12.2 Å². The lowest BCUT2D eigenvalue weighted by Crippen LogP contribution is -2.45. The fraction of sp³-hybridized carbons (Fsp3) is 0.647. The van der Waals surface area contributed by atoms with Gasteiger partial charge in [0.05, 0.1) is 11.6 Å². The zero-order chi connectivity index (χ0) is 14.4. The minimum atomic E-state index is -0.184. The van der Waals surface area contributed by atoms with E-state index in [0.29, 0.717) is 0 Å². The second kappa shape index (κ2) is 7.19. The number of hydrogen-bond acceptors (Lipinski definition) is 2. The van der Waals surface area contributed by atoms with Crippen molar-refractivity contribution in [2.24, 2.45) is 0 Å². The van der Waals surface area contributed by atoms with Crippen LogP contribution in [-0.2, 0) is 4.74 Å². The molecule has 20 heavy (non-hydrogen) atoms. The number of likely N-dealkylation sites (N-methyl/N-ethyl adjacent to an activating group) is 1. The standard InChI is InChI=1S/C17H26FNO/c1-3-19-16(14-8-10-15(18)11-9-14)17(20-2)12-6-4-5-7-13-17/h8-11,16,19H,3-7,12-13H2,1-2H3. The molecule has 0 spiro atoms. The van der Waals surface area contributed by atoms with Gasteiger partial charge in [-0.3, -0.25) is 0 Å². The van der Waals surface area contributed by atoms with Gasteiger partial charge in [0.25, 0.3) is 0 Å². The van der Waals surface area contributed by atoms with E-state index in [4.69, 9.17) is 4.74 Å². The molecule has 1 aromatic carbocycles. The summed E-state index contributed by atoms with van der Waals surface area (Å²) in [7, 11) is 1.82. The third-order valence-corrected chi connectivity index (χ3v) is 4.49. The molecule has 0 aromatic heterocycles. The number of ether oxygens (including phenoxy) is 1. The molecule has 1 saturated carbocycles. The van der Waals surface area contributed by atoms with Crippen LogP contribution in [0.25, 0.3) is 0 Å². The number of hydrogen-bond donors (Lipinski definition) is 1. The van der Waals surface area contributed by atoms with Crippen molar-refractivity contribution in [2.45, 2.75) is 57.1 Å². The highest BCUT2D eigenvalue weighted by molar-refractivity contribution is 5.23. The maximum absolute atomic E-state index is 13.2. The van der Waals surface area contributed by atoms with Gasteiger partial charge < -0.3 is 10.1 Å². The summed E-state index contributed by atoms with van der Waals surface area (Å²) in [6, 6.07) is 6.98. The van der Waals surface area contributed by atoms with Crippen LogP contribution in [0.4, 0.5) is 4.39 Å². The van der Waals surface area contributed by atoms with Crippen LogP contribution in [0.2, 0.25) is 0 Å². The van der Waals surface area contributed by atoms with Gasteiger partial charge in [0.2, 0.25) is 0 Å². The second-order valence-electron chi connectivity index (χ2n) is 5.73. The highest BCUT2D eigenvalue weighted by Gasteiger charge is 2.39. The molecule has 1 aliphatic rings. The van der Waals surface area contributed by atoms with Gasteiger partial charge in [0.1, 0.15) is 5.82 Å². The summed E-state index contributed by atoms with van der Waals surface area (Å²) in [6.07, 6.45) is 7.12. The number of rotatable bonds is 5. The van der Waals surface area contributed by atoms with Crippen molar-refractivity contribution in [1.82, 2.24) is 5.32 Å². The lowest BCUT2D eigenvalue weighted by atomic mass is 9.82. The SMILES string of the molecule is CCNC(c1ccc(F)cc1)C1(OC)CCCCCC1. The zero-order valence-corrected chi connectivity index (χ0v) is 12.6. The average Bonchev–Trinajstić information content (AvgIpc) is 2.72. The third kappa shape index (κ3) is 3.39. The monoisotopic (exact) mass is 279 g/mol. The van der Waals surface area contributed by atoms with Gasteiger partial charge >= 0.3 is 0 Å². The lowest BCUT2D eigenvalue weighted by molar-refractivity contribution is -0.0537. The average molecular weight is 279 g/mol. The Kier molecular flexibility index (Phi) is 5.55. The van der Waals surface area contributed by atoms with Crippen LogP contribution in [0.5, 0.6) is 0 Å². The Bertz CT molecular complexity index is 396. The highest BCUT2D eigenvalue weighted by atomic mass is 19.1. The van der Waals surface area contributed by atoms with Crippen molar-refractivity contribution in [3.63, 3.8) is 0 Å². The summed E-state index contributed by atoms with van der Waals surface area (Å²) in [6.45, 7) is 2.99. The summed E-state index contributed by atoms with van der Waals surface area (Å²) in [5.41, 5.74) is 0.960. The molecule has 0 aliphatic heterocycles. The predicted octanol–water partition coefficient (Wildman–Crippen LogP) is 4.22. The number of benzene rings is 1. The van der Waals surface area contributed by atoms with Crippen LogP contribution in [0.3, 0.4) is 0 Å². The van der Waals surface area contributed by atoms with E-state index < -0.39 is 0 Å². The van der Waals surface area contributed by atoms with E-state index in [1.807, 2.05) is 19.2 Å². The summed E-state index contributed by atoms with van der Waals surface area (Å²) in [4.78, 5) is 0. The van der Waals surface area contributed by atoms with Crippen LogP contribution >= 0.6 is 0 Å². The molecule has 2 nitrogen and oxygen atoms in total. The van der Waals surface area contributed by atoms with Crippen molar-refractivity contribution in [3.05, 3.63) is 35.6 Å². The number of nitrogens with one attached hydrogen (secondary N) is 1. The predicted molar refractivity (Wildman–Crippen MR) is 80.3 cm³/mol. The van der Waals surface area contributed by atoms with Crippen LogP contribution in [0.1, 0.15) is 57.1 Å². The molecule has 0 radical (unpaired) electrons. The molecule has 1 aliphatic carbocycles. The minimum absolute atomic E-state index is 0.135. The molecule has 1 aromatic rings. The van der Waals surface area contributed by atoms with E-state index in [1.54, 1.807) is 12.1 Å². The van der Waals surface area contributed by atoms with Gasteiger partial charge in [-0.1, -0.05) is 44.7 Å². The Morgan fingerprint density at radius 3 is 2.25 bits per heavy atom. The maximum Gasteiger partial charge on any atom is 0.123 e. The van der Waals surface area contributed by atoms with Crippen LogP contribution in [0, 0.1) is 5.82 Å². The van der Waals surface area contributed by atoms with E-state index in [0.717, 1.165) is 24.9 Å². The van der Waals surface area contributed by atoms with Gasteiger partial charge in [-0.05, 0) is 37.1 Å². The summed E-state index contributed by atoms with van der Waals surface area (Å²) < 4.78 is 19.2. The second-order valence-corrected chi connectivity index (χ2v) is 5.73. The van der Waals surface area contributed by atoms with Gasteiger partial charge in [-0.15, -0.1) is 0 Å². The zero-order valence-electron chi connectivity index (χ0n) is 12.6. The van der Waals surface area contributed by atoms with Crippen LogP contribution < -0.4 is 5.32 Å². The molecule has 1 atom stereocenters. The minimum Gasteiger partial charge on any atom is -0.376 e. The molecule has 1 fully saturated rings. The first kappa shape index (κ1) is 15.5. The molecule has 112 valence electrons. The van der Waals surface area contributed by atoms with Crippen molar-refractivity contribution < 1.29 is 9.13 Å². The fourth-order valence-electron chi connectivity index (χ4n) is 3.40. The smallest absolute Gasteiger partial charge is 0.123 e. The Labute approximate surface area is 121 Å². The molecular formula is C17H26FNO. The van der Waals surface area contributed by atoms with Crippen LogP contribution in [-0.4, -0.2) is 19.3 Å². The first-order chi connectivity index (χ1) is 9.72. The maximum atomic E-state index is 13.2. The first-order valence-corrected chi connectivity index (χ1v) is 7.76. The highest BCUT2D eigenvalue weighted by Crippen LogP contribution is 2.40. The van der Waals surface area contributed by atoms with Crippen molar-refractivity contribution in [1.29, 1.82) is 0 Å². The third-order valence-electron chi connectivity index (χ3n) is 4.49. The molecule has 2 rings (SSSR count). The molecule has 0 saturated heterocycles. The van der Waals surface area contributed by atoms with Crippen molar-refractivity contribution in [2.75, 3.05) is 13.7 Å². The van der Waals surface area contributed by atoms with Gasteiger partial charge in [-0.25, -0.2) is 4.39 Å². The van der Waals surface area contributed by atoms with Crippen molar-refractivity contribution >= 4 is 0 Å². The van der Waals surface area contributed by atoms with Crippen molar-refractivity contribution in [3.8, 4) is 0 Å². The Balaban J connectivity index is 2.30. The summed E-state index contributed by atoms with van der Waals surface area (Å²) >= 11 is 0. The molecule has 0 heterocycles. The Hall–Kier alpha value is -0.930. The molecule has 0 amide bonds. The van der Waals surface area contributed by atoms with Gasteiger partial charge in [-0.2, -0.15) is 0 Å². The topological polar surface area (TPSA) is 21.3 Å². The quantitative estimate of drug-likeness (QED) is 0.815. The van der Waals surface area contributed by atoms with Gasteiger partial charge in [0.15, 0.2) is 0 Å². The molecular weight excluding hydrogens is 253 g/mol. The number of halogens is 1. The summed E-state index contributed by atoms with van der Waals surface area (Å²) in [5.74, 6) is -0.184. The Morgan fingerprint density at radius 1 is 1.15 bits per heavy atom. The largest absolute Gasteiger partial charge is 0.376 e. The summed E-state index contributed by atoms with van der Waals surface area (Å²) in [5, 5.41) is 3.56. The normalized spacial score (nSPS) is 20.4. The van der Waals surface area contributed by atoms with E-state index in [1.165, 1.54) is 25.7 Å². The molecule has 3 heteroatoms. The molecule has 0 bridgehead atoms. The van der Waals surface area contributed by atoms with Crippen LogP contribution in [0.15, 0.2) is 24.3 Å². The first-order valence-electron chi connectivity index (χ1n) is 7.76. The van der Waals surface area contributed by atoms with E-state index in [-0.39, 0.29) is 17.5 Å². The lowest BCUT2D eigenvalue weighted by Gasteiger charge is -2.40.